The Morgan fingerprint density at radius 1 is 2.00 bits per heavy atom. The third-order valence-electron chi connectivity index (χ3n) is 0.452. The summed E-state index contributed by atoms with van der Waals surface area (Å²) in [6, 6.07) is 0. The highest BCUT2D eigenvalue weighted by Gasteiger charge is 1.97. The van der Waals surface area contributed by atoms with Crippen LogP contribution in [-0.2, 0) is 0 Å². The Morgan fingerprint density at radius 2 is 2.71 bits per heavy atom. The summed E-state index contributed by atoms with van der Waals surface area (Å²) in [7, 11) is 0. The summed E-state index contributed by atoms with van der Waals surface area (Å²) in [5, 5.41) is 2.06. The molecule has 1 heterocycles. The highest BCUT2D eigenvalue weighted by Crippen LogP contribution is 1.57. The number of aromatic nitrogens is 2. The van der Waals surface area contributed by atoms with Crippen molar-refractivity contribution in [1.29, 1.82) is 0 Å². The second-order valence-corrected chi connectivity index (χ2v) is 1.32. The van der Waals surface area contributed by atoms with Crippen molar-refractivity contribution < 1.29 is 8.72 Å². The molecule has 0 spiro atoms. The van der Waals surface area contributed by atoms with Crippen molar-refractivity contribution in [2.45, 2.75) is 0 Å². The molecule has 0 saturated heterocycles. The maximum atomic E-state index is 9.99. The first-order valence-corrected chi connectivity index (χ1v) is 1.89. The molecule has 1 aromatic heterocycles. The van der Waals surface area contributed by atoms with Gasteiger partial charge in [0.05, 0.1) is 0 Å². The molecule has 1 aromatic rings. The Kier molecular flexibility index (Phi) is 0.867. The Hall–Kier alpha value is -0.770. The topological polar surface area (TPSA) is 49.9 Å². The zero-order chi connectivity index (χ0) is 5.28. The van der Waals surface area contributed by atoms with E-state index in [1.54, 1.807) is 0 Å². The van der Waals surface area contributed by atoms with Crippen LogP contribution in [0.1, 0.15) is 0 Å². The van der Waals surface area contributed by atoms with Crippen LogP contribution < -0.4 is 9.83 Å². The van der Waals surface area contributed by atoms with E-state index in [1.807, 2.05) is 0 Å². The number of halogens is 1. The molecule has 0 aromatic carbocycles. The van der Waals surface area contributed by atoms with Crippen molar-refractivity contribution in [3.05, 3.63) is 16.6 Å². The summed E-state index contributed by atoms with van der Waals surface area (Å²) in [6.07, 6.45) is 1.07. The van der Waals surface area contributed by atoms with Crippen LogP contribution in [0.15, 0.2) is 15.5 Å². The summed E-state index contributed by atoms with van der Waals surface area (Å²) >= 11 is 5.13. The number of hydrogen-bond acceptors (Lipinski definition) is 2. The van der Waals surface area contributed by atoms with Gasteiger partial charge in [-0.05, 0) is 0 Å². The average Bonchev–Trinajstić information content (AvgIpc) is 1.87. The van der Waals surface area contributed by atoms with Gasteiger partial charge >= 0.3 is 11.8 Å². The van der Waals surface area contributed by atoms with Gasteiger partial charge in [0.25, 0.3) is 11.8 Å². The van der Waals surface area contributed by atoms with Crippen LogP contribution in [0.2, 0.25) is 0 Å². The number of aromatic amines is 1. The standard InChI is InChI=1S/C2HClN2O2/c3-5-1-2(6)7-4-5/h1H/p+1. The van der Waals surface area contributed by atoms with Crippen molar-refractivity contribution in [1.82, 2.24) is 5.27 Å². The van der Waals surface area contributed by atoms with Gasteiger partial charge in [0.15, 0.2) is 0 Å². The van der Waals surface area contributed by atoms with E-state index in [-0.39, 0.29) is 0 Å². The zero-order valence-electron chi connectivity index (χ0n) is 3.22. The van der Waals surface area contributed by atoms with Crippen molar-refractivity contribution in [3.8, 4) is 0 Å². The smallest absolute Gasteiger partial charge is 0.282 e. The van der Waals surface area contributed by atoms with E-state index < -0.39 is 5.63 Å². The summed E-state index contributed by atoms with van der Waals surface area (Å²) in [6.45, 7) is 0. The summed E-state index contributed by atoms with van der Waals surface area (Å²) < 4.78 is 5.02. The summed E-state index contributed by atoms with van der Waals surface area (Å²) in [4.78, 5) is 9.99. The lowest BCUT2D eigenvalue weighted by atomic mass is 11.0. The number of nitrogens with one attached hydrogen (secondary N) is 1. The molecule has 0 bridgehead atoms. The van der Waals surface area contributed by atoms with Crippen LogP contribution in [0.5, 0.6) is 0 Å². The van der Waals surface area contributed by atoms with E-state index in [9.17, 15) is 4.79 Å². The third kappa shape index (κ3) is 0.806. The van der Waals surface area contributed by atoms with Crippen molar-refractivity contribution >= 4 is 11.8 Å². The fourth-order valence-electron chi connectivity index (χ4n) is 0.234. The maximum Gasteiger partial charge on any atom is 0.429 e. The predicted octanol–water partition coefficient (Wildman–Crippen LogP) is -0.743. The minimum absolute atomic E-state index is 0.491. The Labute approximate surface area is 43.4 Å². The lowest BCUT2D eigenvalue weighted by molar-refractivity contribution is -0.601. The maximum absolute atomic E-state index is 9.99. The predicted molar refractivity (Wildman–Crippen MR) is 20.8 cm³/mol. The average molecular weight is 122 g/mol. The molecule has 0 saturated carbocycles. The van der Waals surface area contributed by atoms with Gasteiger partial charge in [-0.15, -0.1) is 0 Å². The second-order valence-electron chi connectivity index (χ2n) is 0.953. The molecule has 38 valence electrons. The molecule has 7 heavy (non-hydrogen) atoms. The van der Waals surface area contributed by atoms with E-state index in [1.165, 1.54) is 0 Å². The fraction of sp³-hybridized carbons (Fsp3) is 0. The Morgan fingerprint density at radius 3 is 2.86 bits per heavy atom. The van der Waals surface area contributed by atoms with Gasteiger partial charge in [-0.1, -0.05) is 0 Å². The zero-order valence-corrected chi connectivity index (χ0v) is 3.97. The molecule has 0 unspecified atom stereocenters. The van der Waals surface area contributed by atoms with Crippen molar-refractivity contribution in [2.24, 2.45) is 0 Å². The minimum Gasteiger partial charge on any atom is -0.282 e. The van der Waals surface area contributed by atoms with Crippen LogP contribution in [0.4, 0.5) is 0 Å². The van der Waals surface area contributed by atoms with Crippen molar-refractivity contribution in [3.63, 3.8) is 0 Å². The molecule has 0 radical (unpaired) electrons. The van der Waals surface area contributed by atoms with E-state index in [0.29, 0.717) is 0 Å². The molecule has 0 aliphatic carbocycles. The van der Waals surface area contributed by atoms with Crippen LogP contribution >= 0.6 is 11.8 Å². The number of nitrogens with zero attached hydrogens (tertiary/aromatic N) is 1. The van der Waals surface area contributed by atoms with Gasteiger partial charge in [0.1, 0.15) is 0 Å². The third-order valence-corrected chi connectivity index (χ3v) is 0.619. The fourth-order valence-corrected chi connectivity index (χ4v) is 0.348. The molecular weight excluding hydrogens is 119 g/mol. The van der Waals surface area contributed by atoms with Crippen LogP contribution in [-0.4, -0.2) is 5.27 Å². The first-order valence-electron chi connectivity index (χ1n) is 1.55. The molecule has 4 nitrogen and oxygen atoms in total. The van der Waals surface area contributed by atoms with Gasteiger partial charge in [-0.2, -0.15) is 0 Å². The molecule has 0 atom stereocenters. The highest BCUT2D eigenvalue weighted by atomic mass is 35.5. The van der Waals surface area contributed by atoms with Crippen molar-refractivity contribution in [2.75, 3.05) is 0 Å². The largest absolute Gasteiger partial charge is 0.429 e. The number of rotatable bonds is 0. The molecule has 0 aliphatic heterocycles. The Balaban J connectivity index is 3.30. The van der Waals surface area contributed by atoms with Gasteiger partial charge in [-0.3, -0.25) is 4.52 Å². The van der Waals surface area contributed by atoms with Gasteiger partial charge in [-0.25, -0.2) is 4.79 Å². The monoisotopic (exact) mass is 121 g/mol. The van der Waals surface area contributed by atoms with Crippen LogP contribution in [0.25, 0.3) is 0 Å². The van der Waals surface area contributed by atoms with Gasteiger partial charge in [0, 0.05) is 9.47 Å². The van der Waals surface area contributed by atoms with Crippen LogP contribution in [0, 0.1) is 0 Å². The van der Waals surface area contributed by atoms with E-state index in [0.717, 1.165) is 10.4 Å². The second kappa shape index (κ2) is 1.38. The molecular formula is C2H2ClN2O2+. The molecule has 0 fully saturated rings. The summed E-state index contributed by atoms with van der Waals surface area (Å²) in [5.41, 5.74) is -0.491. The highest BCUT2D eigenvalue weighted by molar-refractivity contribution is 6.03. The number of hydrogen-bond donors (Lipinski definition) is 1. The van der Waals surface area contributed by atoms with E-state index in [2.05, 4.69) is 9.79 Å². The SMILES string of the molecule is O=c1c[n+](Cl)[nH]o1. The molecule has 0 aliphatic rings. The number of H-pyrrole nitrogens is 1. The molecule has 0 amide bonds. The molecule has 1 rings (SSSR count). The lowest BCUT2D eigenvalue weighted by Gasteiger charge is -1.54. The molecule has 1 N–H and O–H groups in total. The Bertz CT molecular complexity index is 201. The first-order chi connectivity index (χ1) is 3.29. The summed E-state index contributed by atoms with van der Waals surface area (Å²) in [5.74, 6) is 0. The normalized spacial score (nSPS) is 9.29. The minimum atomic E-state index is -0.491. The quantitative estimate of drug-likeness (QED) is 0.491. The van der Waals surface area contributed by atoms with E-state index >= 15 is 0 Å². The lowest BCUT2D eigenvalue weighted by Crippen LogP contribution is -2.20. The molecule has 5 heteroatoms. The van der Waals surface area contributed by atoms with Crippen LogP contribution in [0.3, 0.4) is 0 Å². The first kappa shape index (κ1) is 4.39. The van der Waals surface area contributed by atoms with Gasteiger partial charge < -0.3 is 0 Å². The van der Waals surface area contributed by atoms with E-state index in [4.69, 9.17) is 11.8 Å². The van der Waals surface area contributed by atoms with Gasteiger partial charge in [0.2, 0.25) is 0 Å².